The standard InChI is InChI=1S/C17H27N3O/c1-11-7-6-8-16(12(11)2)18-17(21)10-9-15-13(3)19-20(5)14(15)4/h9-12,16H,6-8H2,1-5H3,(H,18,21)/b10-9+. The molecule has 1 heterocycles. The van der Waals surface area contributed by atoms with Crippen molar-refractivity contribution < 1.29 is 4.79 Å². The van der Waals surface area contributed by atoms with Gasteiger partial charge in [0.2, 0.25) is 5.91 Å². The molecule has 1 amide bonds. The van der Waals surface area contributed by atoms with Gasteiger partial charge in [0.05, 0.1) is 5.69 Å². The van der Waals surface area contributed by atoms with Crippen molar-refractivity contribution in [1.82, 2.24) is 15.1 Å². The minimum absolute atomic E-state index is 0.00334. The predicted molar refractivity (Wildman–Crippen MR) is 85.8 cm³/mol. The second kappa shape index (κ2) is 6.46. The lowest BCUT2D eigenvalue weighted by Crippen LogP contribution is -2.43. The number of nitrogens with zero attached hydrogens (tertiary/aromatic N) is 2. The Bertz CT molecular complexity index is 544. The van der Waals surface area contributed by atoms with E-state index in [1.807, 2.05) is 31.7 Å². The first-order chi connectivity index (χ1) is 9.90. The van der Waals surface area contributed by atoms with Gasteiger partial charge in [-0.25, -0.2) is 0 Å². The van der Waals surface area contributed by atoms with Gasteiger partial charge in [0.25, 0.3) is 0 Å². The van der Waals surface area contributed by atoms with Gasteiger partial charge in [-0.3, -0.25) is 9.48 Å². The van der Waals surface area contributed by atoms with Crippen molar-refractivity contribution in [3.8, 4) is 0 Å². The number of aryl methyl sites for hydroxylation is 2. The van der Waals surface area contributed by atoms with Crippen LogP contribution in [0.4, 0.5) is 0 Å². The van der Waals surface area contributed by atoms with Crippen LogP contribution in [0, 0.1) is 25.7 Å². The van der Waals surface area contributed by atoms with Gasteiger partial charge in [-0.05, 0) is 38.2 Å². The predicted octanol–water partition coefficient (Wildman–Crippen LogP) is 2.99. The normalized spacial score (nSPS) is 26.2. The SMILES string of the molecule is Cc1nn(C)c(C)c1/C=C/C(=O)NC1CCCC(C)C1C. The van der Waals surface area contributed by atoms with Crippen molar-refractivity contribution in [1.29, 1.82) is 0 Å². The summed E-state index contributed by atoms with van der Waals surface area (Å²) in [6.07, 6.45) is 7.10. The number of aromatic nitrogens is 2. The van der Waals surface area contributed by atoms with Gasteiger partial charge in [0, 0.05) is 30.4 Å². The molecule has 1 aromatic heterocycles. The van der Waals surface area contributed by atoms with Crippen molar-refractivity contribution in [2.45, 2.75) is 53.0 Å². The fourth-order valence-corrected chi connectivity index (χ4v) is 3.21. The van der Waals surface area contributed by atoms with Crippen LogP contribution in [-0.2, 0) is 11.8 Å². The molecule has 116 valence electrons. The monoisotopic (exact) mass is 289 g/mol. The first-order valence-electron chi connectivity index (χ1n) is 7.89. The maximum atomic E-state index is 12.1. The lowest BCUT2D eigenvalue weighted by molar-refractivity contribution is -0.117. The molecule has 4 heteroatoms. The first kappa shape index (κ1) is 15.8. The average Bonchev–Trinajstić information content (AvgIpc) is 2.67. The van der Waals surface area contributed by atoms with E-state index in [1.54, 1.807) is 6.08 Å². The number of hydrogen-bond donors (Lipinski definition) is 1. The maximum absolute atomic E-state index is 12.1. The Morgan fingerprint density at radius 2 is 2.05 bits per heavy atom. The molecule has 0 aliphatic heterocycles. The van der Waals surface area contributed by atoms with Gasteiger partial charge < -0.3 is 5.32 Å². The second-order valence-corrected chi connectivity index (χ2v) is 6.42. The molecule has 3 atom stereocenters. The van der Waals surface area contributed by atoms with Crippen LogP contribution in [0.25, 0.3) is 6.08 Å². The van der Waals surface area contributed by atoms with Crippen LogP contribution in [0.1, 0.15) is 50.1 Å². The fourth-order valence-electron chi connectivity index (χ4n) is 3.21. The highest BCUT2D eigenvalue weighted by Gasteiger charge is 2.27. The van der Waals surface area contributed by atoms with Gasteiger partial charge in [-0.1, -0.05) is 26.7 Å². The third-order valence-electron chi connectivity index (χ3n) is 5.00. The lowest BCUT2D eigenvalue weighted by Gasteiger charge is -2.34. The van der Waals surface area contributed by atoms with Gasteiger partial charge in [0.15, 0.2) is 0 Å². The topological polar surface area (TPSA) is 46.9 Å². The molecular weight excluding hydrogens is 262 g/mol. The van der Waals surface area contributed by atoms with Crippen molar-refractivity contribution in [3.05, 3.63) is 23.0 Å². The summed E-state index contributed by atoms with van der Waals surface area (Å²) < 4.78 is 1.85. The molecule has 0 spiro atoms. The van der Waals surface area contributed by atoms with Crippen LogP contribution in [0.5, 0.6) is 0 Å². The molecule has 1 saturated carbocycles. The Kier molecular flexibility index (Phi) is 4.86. The summed E-state index contributed by atoms with van der Waals surface area (Å²) in [5.41, 5.74) is 3.08. The number of rotatable bonds is 3. The van der Waals surface area contributed by atoms with E-state index in [1.165, 1.54) is 12.8 Å². The van der Waals surface area contributed by atoms with Gasteiger partial charge in [-0.2, -0.15) is 5.10 Å². The fraction of sp³-hybridized carbons (Fsp3) is 0.647. The van der Waals surface area contributed by atoms with E-state index in [2.05, 4.69) is 24.3 Å². The Morgan fingerprint density at radius 1 is 1.33 bits per heavy atom. The molecule has 4 nitrogen and oxygen atoms in total. The van der Waals surface area contributed by atoms with E-state index in [9.17, 15) is 4.79 Å². The summed E-state index contributed by atoms with van der Waals surface area (Å²) >= 11 is 0. The second-order valence-electron chi connectivity index (χ2n) is 6.42. The lowest BCUT2D eigenvalue weighted by atomic mass is 9.78. The summed E-state index contributed by atoms with van der Waals surface area (Å²) in [5, 5.41) is 7.52. The van der Waals surface area contributed by atoms with Crippen LogP contribution in [0.15, 0.2) is 6.08 Å². The molecule has 2 rings (SSSR count). The molecule has 1 aliphatic carbocycles. The van der Waals surface area contributed by atoms with E-state index >= 15 is 0 Å². The Balaban J connectivity index is 1.99. The molecule has 0 aromatic carbocycles. The number of carbonyl (C=O) groups is 1. The summed E-state index contributed by atoms with van der Waals surface area (Å²) in [5.74, 6) is 1.25. The van der Waals surface area contributed by atoms with Gasteiger partial charge in [-0.15, -0.1) is 0 Å². The summed E-state index contributed by atoms with van der Waals surface area (Å²) in [6.45, 7) is 8.51. The Labute approximate surface area is 127 Å². The molecule has 0 radical (unpaired) electrons. The van der Waals surface area contributed by atoms with Crippen LogP contribution in [0.3, 0.4) is 0 Å². The molecule has 0 saturated heterocycles. The van der Waals surface area contributed by atoms with E-state index in [0.29, 0.717) is 17.9 Å². The molecular formula is C17H27N3O. The van der Waals surface area contributed by atoms with Crippen molar-refractivity contribution in [2.24, 2.45) is 18.9 Å². The highest BCUT2D eigenvalue weighted by atomic mass is 16.1. The molecule has 1 aromatic rings. The third-order valence-corrected chi connectivity index (χ3v) is 5.00. The minimum atomic E-state index is 0.00334. The molecule has 0 bridgehead atoms. The van der Waals surface area contributed by atoms with Crippen LogP contribution >= 0.6 is 0 Å². The average molecular weight is 289 g/mol. The smallest absolute Gasteiger partial charge is 0.244 e. The zero-order valence-corrected chi connectivity index (χ0v) is 13.8. The highest BCUT2D eigenvalue weighted by molar-refractivity contribution is 5.92. The molecule has 1 N–H and O–H groups in total. The number of hydrogen-bond acceptors (Lipinski definition) is 2. The Morgan fingerprint density at radius 3 is 2.67 bits per heavy atom. The minimum Gasteiger partial charge on any atom is -0.350 e. The largest absolute Gasteiger partial charge is 0.350 e. The van der Waals surface area contributed by atoms with E-state index in [-0.39, 0.29) is 5.91 Å². The molecule has 1 fully saturated rings. The first-order valence-corrected chi connectivity index (χ1v) is 7.89. The molecule has 3 unspecified atom stereocenters. The van der Waals surface area contributed by atoms with Gasteiger partial charge in [0.1, 0.15) is 0 Å². The molecule has 21 heavy (non-hydrogen) atoms. The summed E-state index contributed by atoms with van der Waals surface area (Å²) in [6, 6.07) is 0.307. The highest BCUT2D eigenvalue weighted by Crippen LogP contribution is 2.29. The van der Waals surface area contributed by atoms with E-state index in [4.69, 9.17) is 0 Å². The van der Waals surface area contributed by atoms with Crippen LogP contribution in [-0.4, -0.2) is 21.7 Å². The van der Waals surface area contributed by atoms with Crippen molar-refractivity contribution in [2.75, 3.05) is 0 Å². The Hall–Kier alpha value is -1.58. The number of amides is 1. The van der Waals surface area contributed by atoms with E-state index in [0.717, 1.165) is 23.4 Å². The number of carbonyl (C=O) groups excluding carboxylic acids is 1. The van der Waals surface area contributed by atoms with Crippen molar-refractivity contribution >= 4 is 12.0 Å². The zero-order valence-electron chi connectivity index (χ0n) is 13.8. The quantitative estimate of drug-likeness (QED) is 0.870. The zero-order chi connectivity index (χ0) is 15.6. The van der Waals surface area contributed by atoms with Crippen LogP contribution in [0.2, 0.25) is 0 Å². The van der Waals surface area contributed by atoms with E-state index < -0.39 is 0 Å². The van der Waals surface area contributed by atoms with Gasteiger partial charge >= 0.3 is 0 Å². The third kappa shape index (κ3) is 3.55. The summed E-state index contributed by atoms with van der Waals surface area (Å²) in [7, 11) is 1.92. The summed E-state index contributed by atoms with van der Waals surface area (Å²) in [4.78, 5) is 12.1. The molecule has 1 aliphatic rings. The van der Waals surface area contributed by atoms with Crippen molar-refractivity contribution in [3.63, 3.8) is 0 Å². The maximum Gasteiger partial charge on any atom is 0.244 e. The number of nitrogens with one attached hydrogen (secondary N) is 1. The van der Waals surface area contributed by atoms with Crippen LogP contribution < -0.4 is 5.32 Å².